The maximum Gasteiger partial charge on any atom is 0.322 e. The zero-order valence-corrected chi connectivity index (χ0v) is 16.4. The number of nitrogens with one attached hydrogen (secondary N) is 2. The molecule has 6 heteroatoms. The van der Waals surface area contributed by atoms with Gasteiger partial charge in [-0.25, -0.2) is 0 Å². The highest BCUT2D eigenvalue weighted by atomic mass is 16.4. The number of carbonyl (C=O) groups is 3. The first-order valence-corrected chi connectivity index (χ1v) is 9.20. The molecule has 0 aliphatic heterocycles. The van der Waals surface area contributed by atoms with Gasteiger partial charge < -0.3 is 15.7 Å². The second-order valence-electron chi connectivity index (χ2n) is 7.17. The predicted molar refractivity (Wildman–Crippen MR) is 108 cm³/mol. The van der Waals surface area contributed by atoms with Crippen molar-refractivity contribution in [1.82, 2.24) is 5.32 Å². The molecule has 0 aliphatic rings. The van der Waals surface area contributed by atoms with Crippen LogP contribution < -0.4 is 10.6 Å². The number of hydrogen-bond acceptors (Lipinski definition) is 3. The van der Waals surface area contributed by atoms with E-state index in [-0.39, 0.29) is 18.2 Å². The molecule has 0 heterocycles. The van der Waals surface area contributed by atoms with Crippen LogP contribution in [0, 0.1) is 0 Å². The van der Waals surface area contributed by atoms with E-state index in [2.05, 4.69) is 17.6 Å². The molecule has 0 aliphatic carbocycles. The zero-order chi connectivity index (χ0) is 20.7. The van der Waals surface area contributed by atoms with Gasteiger partial charge in [0.25, 0.3) is 0 Å². The van der Waals surface area contributed by atoms with Crippen molar-refractivity contribution in [2.24, 2.45) is 0 Å². The van der Waals surface area contributed by atoms with Crippen molar-refractivity contribution in [2.75, 3.05) is 11.9 Å². The van der Waals surface area contributed by atoms with Gasteiger partial charge in [0.1, 0.15) is 6.54 Å². The third-order valence-electron chi connectivity index (χ3n) is 4.66. The summed E-state index contributed by atoms with van der Waals surface area (Å²) in [6.45, 7) is 5.45. The fourth-order valence-electron chi connectivity index (χ4n) is 2.70. The molecule has 6 nitrogen and oxygen atoms in total. The van der Waals surface area contributed by atoms with Crippen molar-refractivity contribution >= 4 is 23.5 Å². The van der Waals surface area contributed by atoms with Crippen molar-refractivity contribution in [2.45, 2.75) is 39.0 Å². The average molecular weight is 382 g/mol. The summed E-state index contributed by atoms with van der Waals surface area (Å²) < 4.78 is 0. The zero-order valence-electron chi connectivity index (χ0n) is 16.4. The van der Waals surface area contributed by atoms with Crippen LogP contribution in [0.15, 0.2) is 48.5 Å². The Morgan fingerprint density at radius 2 is 1.50 bits per heavy atom. The molecule has 0 aromatic heterocycles. The summed E-state index contributed by atoms with van der Waals surface area (Å²) in [6.07, 6.45) is 1.03. The summed E-state index contributed by atoms with van der Waals surface area (Å²) in [5.74, 6) is -1.57. The minimum Gasteiger partial charge on any atom is -0.480 e. The fourth-order valence-corrected chi connectivity index (χ4v) is 2.70. The summed E-state index contributed by atoms with van der Waals surface area (Å²) in [6, 6.07) is 15.0. The first kappa shape index (κ1) is 21.2. The molecule has 2 rings (SSSR count). The van der Waals surface area contributed by atoms with Gasteiger partial charge in [-0.15, -0.1) is 0 Å². The Kier molecular flexibility index (Phi) is 6.93. The van der Waals surface area contributed by atoms with E-state index in [0.29, 0.717) is 5.69 Å². The van der Waals surface area contributed by atoms with E-state index in [1.807, 2.05) is 38.1 Å². The molecule has 148 valence electrons. The standard InChI is InChI=1S/C22H26N2O4/c1-4-15-5-9-17(10-6-15)22(2,3)21(28)24-18-11-7-16(8-12-18)13-19(25)23-14-20(26)27/h5-12H,4,13-14H2,1-3H3,(H,23,25)(H,24,28)(H,26,27). The van der Waals surface area contributed by atoms with Gasteiger partial charge in [-0.1, -0.05) is 43.3 Å². The Bertz CT molecular complexity index is 840. The second-order valence-corrected chi connectivity index (χ2v) is 7.17. The monoisotopic (exact) mass is 382 g/mol. The van der Waals surface area contributed by atoms with E-state index in [1.165, 1.54) is 5.56 Å². The lowest BCUT2D eigenvalue weighted by atomic mass is 9.83. The Balaban J connectivity index is 1.99. The van der Waals surface area contributed by atoms with E-state index in [0.717, 1.165) is 17.5 Å². The molecule has 3 N–H and O–H groups in total. The Labute approximate surface area is 165 Å². The van der Waals surface area contributed by atoms with E-state index in [1.54, 1.807) is 24.3 Å². The Morgan fingerprint density at radius 3 is 2.04 bits per heavy atom. The maximum absolute atomic E-state index is 12.8. The summed E-state index contributed by atoms with van der Waals surface area (Å²) in [7, 11) is 0. The number of carboxylic acid groups (broad SMARTS) is 1. The van der Waals surface area contributed by atoms with Gasteiger partial charge >= 0.3 is 5.97 Å². The molecule has 28 heavy (non-hydrogen) atoms. The van der Waals surface area contributed by atoms with Crippen LogP contribution in [-0.2, 0) is 32.6 Å². The van der Waals surface area contributed by atoms with Gasteiger partial charge in [-0.05, 0) is 49.1 Å². The van der Waals surface area contributed by atoms with Crippen molar-refractivity contribution in [3.8, 4) is 0 Å². The van der Waals surface area contributed by atoms with E-state index >= 15 is 0 Å². The summed E-state index contributed by atoms with van der Waals surface area (Å²) in [5, 5.41) is 13.8. The maximum atomic E-state index is 12.8. The molecule has 0 saturated heterocycles. The number of anilines is 1. The minimum atomic E-state index is -1.08. The highest BCUT2D eigenvalue weighted by Gasteiger charge is 2.29. The minimum absolute atomic E-state index is 0.0801. The molecule has 0 atom stereocenters. The number of amides is 2. The van der Waals surface area contributed by atoms with Crippen LogP contribution in [-0.4, -0.2) is 29.4 Å². The molecule has 2 aromatic carbocycles. The predicted octanol–water partition coefficient (Wildman–Crippen LogP) is 2.91. The van der Waals surface area contributed by atoms with Crippen molar-refractivity contribution in [3.05, 3.63) is 65.2 Å². The van der Waals surface area contributed by atoms with Crippen LogP contribution in [0.3, 0.4) is 0 Å². The van der Waals surface area contributed by atoms with Crippen LogP contribution in [0.5, 0.6) is 0 Å². The lowest BCUT2D eigenvalue weighted by Gasteiger charge is -2.24. The molecule has 0 bridgehead atoms. The SMILES string of the molecule is CCc1ccc(C(C)(C)C(=O)Nc2ccc(CC(=O)NCC(=O)O)cc2)cc1. The molecule has 0 fully saturated rings. The van der Waals surface area contributed by atoms with Gasteiger partial charge in [0.2, 0.25) is 11.8 Å². The summed E-state index contributed by atoms with van der Waals surface area (Å²) in [4.78, 5) is 34.9. The number of aliphatic carboxylic acids is 1. The van der Waals surface area contributed by atoms with Crippen LogP contribution in [0.4, 0.5) is 5.69 Å². The number of hydrogen-bond donors (Lipinski definition) is 3. The molecular weight excluding hydrogens is 356 g/mol. The summed E-state index contributed by atoms with van der Waals surface area (Å²) >= 11 is 0. The number of carboxylic acids is 1. The van der Waals surface area contributed by atoms with Crippen LogP contribution in [0.25, 0.3) is 0 Å². The lowest BCUT2D eigenvalue weighted by Crippen LogP contribution is -2.34. The molecule has 0 saturated carbocycles. The first-order valence-electron chi connectivity index (χ1n) is 9.20. The third kappa shape index (κ3) is 5.67. The topological polar surface area (TPSA) is 95.5 Å². The van der Waals surface area contributed by atoms with E-state index in [4.69, 9.17) is 5.11 Å². The highest BCUT2D eigenvalue weighted by molar-refractivity contribution is 5.98. The third-order valence-corrected chi connectivity index (χ3v) is 4.66. The van der Waals surface area contributed by atoms with Gasteiger partial charge in [0.05, 0.1) is 11.8 Å². The average Bonchev–Trinajstić information content (AvgIpc) is 2.68. The van der Waals surface area contributed by atoms with Gasteiger partial charge in [-0.3, -0.25) is 14.4 Å². The summed E-state index contributed by atoms with van der Waals surface area (Å²) in [5.41, 5.74) is 2.84. The van der Waals surface area contributed by atoms with Crippen molar-refractivity contribution < 1.29 is 19.5 Å². The van der Waals surface area contributed by atoms with Crippen LogP contribution >= 0.6 is 0 Å². The molecule has 2 aromatic rings. The largest absolute Gasteiger partial charge is 0.480 e. The van der Waals surface area contributed by atoms with Crippen LogP contribution in [0.2, 0.25) is 0 Å². The fraction of sp³-hybridized carbons (Fsp3) is 0.318. The normalized spacial score (nSPS) is 11.0. The molecule has 0 radical (unpaired) electrons. The molecule has 2 amide bonds. The van der Waals surface area contributed by atoms with Crippen LogP contribution in [0.1, 0.15) is 37.5 Å². The van der Waals surface area contributed by atoms with E-state index < -0.39 is 17.9 Å². The molecule has 0 unspecified atom stereocenters. The van der Waals surface area contributed by atoms with Crippen molar-refractivity contribution in [1.29, 1.82) is 0 Å². The van der Waals surface area contributed by atoms with E-state index in [9.17, 15) is 14.4 Å². The van der Waals surface area contributed by atoms with Gasteiger partial charge in [0, 0.05) is 5.69 Å². The highest BCUT2D eigenvalue weighted by Crippen LogP contribution is 2.26. The Morgan fingerprint density at radius 1 is 0.929 bits per heavy atom. The molecular formula is C22H26N2O4. The number of rotatable bonds is 8. The molecule has 0 spiro atoms. The Hall–Kier alpha value is -3.15. The quantitative estimate of drug-likeness (QED) is 0.654. The first-order chi connectivity index (χ1) is 13.2. The van der Waals surface area contributed by atoms with Gasteiger partial charge in [-0.2, -0.15) is 0 Å². The number of benzene rings is 2. The second kappa shape index (κ2) is 9.17. The van der Waals surface area contributed by atoms with Crippen molar-refractivity contribution in [3.63, 3.8) is 0 Å². The number of aryl methyl sites for hydroxylation is 1. The van der Waals surface area contributed by atoms with Gasteiger partial charge in [0.15, 0.2) is 0 Å². The lowest BCUT2D eigenvalue weighted by molar-refractivity contribution is -0.137. The smallest absolute Gasteiger partial charge is 0.322 e. The number of carbonyl (C=O) groups excluding carboxylic acids is 2.